The summed E-state index contributed by atoms with van der Waals surface area (Å²) in [6, 6.07) is 7.68. The van der Waals surface area contributed by atoms with Crippen LogP contribution in [0.4, 0.5) is 0 Å². The van der Waals surface area contributed by atoms with E-state index in [2.05, 4.69) is 0 Å². The number of hydrogen-bond donors (Lipinski definition) is 0. The molecule has 3 heteroatoms. The maximum absolute atomic E-state index is 11.2. The molecule has 0 spiro atoms. The highest BCUT2D eigenvalue weighted by atomic mass is 35.5. The summed E-state index contributed by atoms with van der Waals surface area (Å²) < 4.78 is 5.53. The predicted octanol–water partition coefficient (Wildman–Crippen LogP) is 2.63. The van der Waals surface area contributed by atoms with Crippen LogP contribution in [-0.2, 0) is 16.0 Å². The van der Waals surface area contributed by atoms with Crippen molar-refractivity contribution in [2.24, 2.45) is 0 Å². The first-order valence-corrected chi connectivity index (χ1v) is 5.49. The molecule has 0 saturated carbocycles. The zero-order valence-corrected chi connectivity index (χ0v) is 9.17. The van der Waals surface area contributed by atoms with Crippen molar-refractivity contribution in [3.63, 3.8) is 0 Å². The Morgan fingerprint density at radius 2 is 2.07 bits per heavy atom. The quantitative estimate of drug-likeness (QED) is 0.772. The highest BCUT2D eigenvalue weighted by molar-refractivity contribution is 6.30. The second-order valence-electron chi connectivity index (χ2n) is 3.82. The molecular formula is C12H13ClO2. The summed E-state index contributed by atoms with van der Waals surface area (Å²) in [5.41, 5.74) is 1.17. The molecule has 0 radical (unpaired) electrons. The van der Waals surface area contributed by atoms with Crippen molar-refractivity contribution in [3.05, 3.63) is 34.9 Å². The normalized spacial score (nSPS) is 21.7. The standard InChI is InChI=1S/C12H13ClO2/c13-10-3-1-9(2-4-10)7-12-8-11(14)5-6-15-12/h1-4,12H,5-8H2. The Labute approximate surface area is 94.2 Å². The minimum absolute atomic E-state index is 0.0485. The van der Waals surface area contributed by atoms with Crippen LogP contribution in [0, 0.1) is 0 Å². The zero-order valence-electron chi connectivity index (χ0n) is 8.41. The monoisotopic (exact) mass is 224 g/mol. The Bertz CT molecular complexity index is 345. The maximum atomic E-state index is 11.2. The van der Waals surface area contributed by atoms with E-state index in [1.807, 2.05) is 24.3 Å². The molecular weight excluding hydrogens is 212 g/mol. The number of halogens is 1. The second kappa shape index (κ2) is 4.77. The molecule has 1 heterocycles. The fourth-order valence-corrected chi connectivity index (χ4v) is 1.89. The summed E-state index contributed by atoms with van der Waals surface area (Å²) in [5, 5.41) is 0.736. The van der Waals surface area contributed by atoms with E-state index in [9.17, 15) is 4.79 Å². The van der Waals surface area contributed by atoms with Gasteiger partial charge in [-0.25, -0.2) is 0 Å². The molecule has 1 saturated heterocycles. The fourth-order valence-electron chi connectivity index (χ4n) is 1.77. The molecule has 1 aliphatic heterocycles. The third kappa shape index (κ3) is 3.05. The molecule has 15 heavy (non-hydrogen) atoms. The van der Waals surface area contributed by atoms with Crippen LogP contribution >= 0.6 is 11.6 Å². The van der Waals surface area contributed by atoms with Gasteiger partial charge in [0.25, 0.3) is 0 Å². The summed E-state index contributed by atoms with van der Waals surface area (Å²) in [7, 11) is 0. The molecule has 1 aliphatic rings. The van der Waals surface area contributed by atoms with Crippen molar-refractivity contribution in [1.82, 2.24) is 0 Å². The number of ether oxygens (including phenoxy) is 1. The maximum Gasteiger partial charge on any atom is 0.137 e. The van der Waals surface area contributed by atoms with E-state index in [-0.39, 0.29) is 6.10 Å². The summed E-state index contributed by atoms with van der Waals surface area (Å²) in [6.45, 7) is 0.567. The Kier molecular flexibility index (Phi) is 3.39. The Balaban J connectivity index is 1.96. The van der Waals surface area contributed by atoms with Crippen LogP contribution in [0.25, 0.3) is 0 Å². The second-order valence-corrected chi connectivity index (χ2v) is 4.25. The molecule has 0 bridgehead atoms. The molecule has 0 aliphatic carbocycles. The van der Waals surface area contributed by atoms with E-state index in [1.165, 1.54) is 5.56 Å². The SMILES string of the molecule is O=C1CCOC(Cc2ccc(Cl)cc2)C1. The highest BCUT2D eigenvalue weighted by Crippen LogP contribution is 2.16. The van der Waals surface area contributed by atoms with Gasteiger partial charge in [0.1, 0.15) is 5.78 Å². The van der Waals surface area contributed by atoms with Crippen LogP contribution in [0.1, 0.15) is 18.4 Å². The average Bonchev–Trinajstić information content (AvgIpc) is 2.22. The van der Waals surface area contributed by atoms with E-state index in [0.717, 1.165) is 11.4 Å². The Morgan fingerprint density at radius 3 is 2.73 bits per heavy atom. The molecule has 0 N–H and O–H groups in total. The van der Waals surface area contributed by atoms with Gasteiger partial charge in [-0.1, -0.05) is 23.7 Å². The number of rotatable bonds is 2. The van der Waals surface area contributed by atoms with Gasteiger partial charge in [-0.2, -0.15) is 0 Å². The number of hydrogen-bond acceptors (Lipinski definition) is 2. The van der Waals surface area contributed by atoms with Gasteiger partial charge in [-0.05, 0) is 24.1 Å². The van der Waals surface area contributed by atoms with Gasteiger partial charge >= 0.3 is 0 Å². The lowest BCUT2D eigenvalue weighted by atomic mass is 10.0. The van der Waals surface area contributed by atoms with Crippen molar-refractivity contribution in [2.45, 2.75) is 25.4 Å². The largest absolute Gasteiger partial charge is 0.377 e. The topological polar surface area (TPSA) is 26.3 Å². The van der Waals surface area contributed by atoms with Crippen LogP contribution in [-0.4, -0.2) is 18.5 Å². The molecule has 1 atom stereocenters. The van der Waals surface area contributed by atoms with E-state index >= 15 is 0 Å². The van der Waals surface area contributed by atoms with Gasteiger partial charge in [0.15, 0.2) is 0 Å². The van der Waals surface area contributed by atoms with Gasteiger partial charge < -0.3 is 4.74 Å². The lowest BCUT2D eigenvalue weighted by molar-refractivity contribution is -0.128. The third-order valence-corrected chi connectivity index (χ3v) is 2.82. The first-order chi connectivity index (χ1) is 7.24. The van der Waals surface area contributed by atoms with Gasteiger partial charge in [0, 0.05) is 17.9 Å². The van der Waals surface area contributed by atoms with Crippen LogP contribution in [0.3, 0.4) is 0 Å². The van der Waals surface area contributed by atoms with Gasteiger partial charge in [-0.15, -0.1) is 0 Å². The van der Waals surface area contributed by atoms with Crippen LogP contribution < -0.4 is 0 Å². The van der Waals surface area contributed by atoms with E-state index < -0.39 is 0 Å². The van der Waals surface area contributed by atoms with Gasteiger partial charge in [0.2, 0.25) is 0 Å². The Hall–Kier alpha value is -0.860. The Morgan fingerprint density at radius 1 is 1.33 bits per heavy atom. The minimum Gasteiger partial charge on any atom is -0.377 e. The molecule has 1 unspecified atom stereocenters. The molecule has 1 aromatic carbocycles. The molecule has 80 valence electrons. The lowest BCUT2D eigenvalue weighted by Crippen LogP contribution is -2.27. The molecule has 1 aromatic rings. The zero-order chi connectivity index (χ0) is 10.7. The molecule has 0 aromatic heterocycles. The van der Waals surface area contributed by atoms with Crippen LogP contribution in [0.2, 0.25) is 5.02 Å². The summed E-state index contributed by atoms with van der Waals surface area (Å²) in [6.07, 6.45) is 1.95. The van der Waals surface area contributed by atoms with E-state index in [4.69, 9.17) is 16.3 Å². The summed E-state index contributed by atoms with van der Waals surface area (Å²) in [4.78, 5) is 11.2. The van der Waals surface area contributed by atoms with E-state index in [0.29, 0.717) is 25.2 Å². The molecule has 1 fully saturated rings. The lowest BCUT2D eigenvalue weighted by Gasteiger charge is -2.21. The smallest absolute Gasteiger partial charge is 0.137 e. The molecule has 0 amide bonds. The van der Waals surface area contributed by atoms with Gasteiger partial charge in [0.05, 0.1) is 12.7 Å². The van der Waals surface area contributed by atoms with Crippen LogP contribution in [0.5, 0.6) is 0 Å². The predicted molar refractivity (Wildman–Crippen MR) is 59.1 cm³/mol. The van der Waals surface area contributed by atoms with Crippen molar-refractivity contribution in [2.75, 3.05) is 6.61 Å². The first kappa shape index (κ1) is 10.7. The van der Waals surface area contributed by atoms with Gasteiger partial charge in [-0.3, -0.25) is 4.79 Å². The fraction of sp³-hybridized carbons (Fsp3) is 0.417. The van der Waals surface area contributed by atoms with Crippen molar-refractivity contribution in [1.29, 1.82) is 0 Å². The average molecular weight is 225 g/mol. The number of carbonyl (C=O) groups excluding carboxylic acids is 1. The van der Waals surface area contributed by atoms with Crippen LogP contribution in [0.15, 0.2) is 24.3 Å². The minimum atomic E-state index is 0.0485. The third-order valence-electron chi connectivity index (χ3n) is 2.57. The molecule has 2 rings (SSSR count). The van der Waals surface area contributed by atoms with E-state index in [1.54, 1.807) is 0 Å². The summed E-state index contributed by atoms with van der Waals surface area (Å²) >= 11 is 5.79. The summed E-state index contributed by atoms with van der Waals surface area (Å²) in [5.74, 6) is 0.306. The van der Waals surface area contributed by atoms with Crippen molar-refractivity contribution in [3.8, 4) is 0 Å². The van der Waals surface area contributed by atoms with Crippen molar-refractivity contribution >= 4 is 17.4 Å². The number of benzene rings is 1. The van der Waals surface area contributed by atoms with Crippen molar-refractivity contribution < 1.29 is 9.53 Å². The first-order valence-electron chi connectivity index (χ1n) is 5.12. The highest BCUT2D eigenvalue weighted by Gasteiger charge is 2.19. The molecule has 2 nitrogen and oxygen atoms in total. The number of ketones is 1. The number of Topliss-reactive ketones (excluding diaryl/α,β-unsaturated/α-hetero) is 1. The number of carbonyl (C=O) groups is 1.